The van der Waals surface area contributed by atoms with Gasteiger partial charge in [0.2, 0.25) is 0 Å². The van der Waals surface area contributed by atoms with Gasteiger partial charge >= 0.3 is 0 Å². The molecule has 0 bridgehead atoms. The minimum absolute atomic E-state index is 0.00515. The van der Waals surface area contributed by atoms with E-state index in [0.29, 0.717) is 18.7 Å². The zero-order chi connectivity index (χ0) is 23.6. The molecule has 174 valence electrons. The monoisotopic (exact) mass is 465 g/mol. The summed E-state index contributed by atoms with van der Waals surface area (Å²) in [5.41, 5.74) is 3.12. The maximum atomic E-state index is 13.4. The van der Waals surface area contributed by atoms with Crippen LogP contribution in [0.5, 0.6) is 5.75 Å². The number of sulfone groups is 1. The highest BCUT2D eigenvalue weighted by Gasteiger charge is 2.35. The fourth-order valence-electron chi connectivity index (χ4n) is 4.52. The van der Waals surface area contributed by atoms with Crippen molar-refractivity contribution in [2.24, 2.45) is 0 Å². The van der Waals surface area contributed by atoms with Gasteiger partial charge in [-0.1, -0.05) is 68.4 Å². The van der Waals surface area contributed by atoms with Gasteiger partial charge in [0.25, 0.3) is 5.91 Å². The van der Waals surface area contributed by atoms with E-state index >= 15 is 0 Å². The molecule has 1 heterocycles. The third kappa shape index (κ3) is 5.38. The number of amides is 1. The van der Waals surface area contributed by atoms with Crippen LogP contribution in [0, 0.1) is 6.92 Å². The number of hydrogen-bond donors (Lipinski definition) is 0. The first-order chi connectivity index (χ1) is 15.7. The lowest BCUT2D eigenvalue weighted by molar-refractivity contribution is -0.136. The van der Waals surface area contributed by atoms with Crippen LogP contribution in [-0.4, -0.2) is 43.4 Å². The first-order valence-corrected chi connectivity index (χ1v) is 13.3. The third-order valence-corrected chi connectivity index (χ3v) is 8.08. The highest BCUT2D eigenvalue weighted by atomic mass is 32.2. The van der Waals surface area contributed by atoms with Crippen LogP contribution in [-0.2, 0) is 21.2 Å². The number of aryl methyl sites for hydroxylation is 1. The van der Waals surface area contributed by atoms with Crippen LogP contribution in [0.1, 0.15) is 42.9 Å². The Kier molecular flexibility index (Phi) is 6.75. The van der Waals surface area contributed by atoms with Gasteiger partial charge in [-0.15, -0.1) is 0 Å². The zero-order valence-electron chi connectivity index (χ0n) is 19.5. The molecule has 3 aromatic rings. The second-order valence-corrected chi connectivity index (χ2v) is 11.4. The van der Waals surface area contributed by atoms with Gasteiger partial charge in [0, 0.05) is 12.6 Å². The maximum absolute atomic E-state index is 13.4. The standard InChI is InChI=1S/C27H31NO4S/c1-19(2)24-12-11-20(3)15-26(24)32-17-27(29)28(23-13-14-33(30,31)18-23)16-22-9-6-8-21-7-4-5-10-25(21)22/h4-12,15,19,23H,13-14,16-18H2,1-3H3/t23-/m1/s1. The lowest BCUT2D eigenvalue weighted by Crippen LogP contribution is -2.43. The van der Waals surface area contributed by atoms with Crippen LogP contribution in [0.4, 0.5) is 0 Å². The first-order valence-electron chi connectivity index (χ1n) is 11.4. The van der Waals surface area contributed by atoms with E-state index in [-0.39, 0.29) is 36.0 Å². The number of benzene rings is 3. The van der Waals surface area contributed by atoms with Crippen molar-refractivity contribution >= 4 is 26.5 Å². The van der Waals surface area contributed by atoms with Crippen molar-refractivity contribution in [2.45, 2.75) is 45.7 Å². The van der Waals surface area contributed by atoms with E-state index in [1.54, 1.807) is 4.90 Å². The topological polar surface area (TPSA) is 63.7 Å². The van der Waals surface area contributed by atoms with Gasteiger partial charge < -0.3 is 9.64 Å². The number of hydrogen-bond acceptors (Lipinski definition) is 4. The van der Waals surface area contributed by atoms with Crippen molar-refractivity contribution in [2.75, 3.05) is 18.1 Å². The Labute approximate surface area is 196 Å². The van der Waals surface area contributed by atoms with Crippen molar-refractivity contribution in [3.05, 3.63) is 77.4 Å². The predicted molar refractivity (Wildman–Crippen MR) is 132 cm³/mol. The Bertz CT molecular complexity index is 1260. The molecule has 6 heteroatoms. The number of carbonyl (C=O) groups excluding carboxylic acids is 1. The average molecular weight is 466 g/mol. The molecular formula is C27H31NO4S. The molecule has 1 fully saturated rings. The molecule has 1 atom stereocenters. The van der Waals surface area contributed by atoms with E-state index in [2.05, 4.69) is 13.8 Å². The van der Waals surface area contributed by atoms with Crippen molar-refractivity contribution in [3.8, 4) is 5.75 Å². The van der Waals surface area contributed by atoms with E-state index < -0.39 is 9.84 Å². The molecule has 0 aromatic heterocycles. The molecule has 5 nitrogen and oxygen atoms in total. The number of ether oxygens (including phenoxy) is 1. The third-order valence-electron chi connectivity index (χ3n) is 6.33. The largest absolute Gasteiger partial charge is 0.483 e. The van der Waals surface area contributed by atoms with Gasteiger partial charge in [-0.25, -0.2) is 8.42 Å². The molecule has 0 aliphatic carbocycles. The van der Waals surface area contributed by atoms with Crippen LogP contribution in [0.2, 0.25) is 0 Å². The Balaban J connectivity index is 1.60. The predicted octanol–water partition coefficient (Wildman–Crippen LogP) is 4.87. The van der Waals surface area contributed by atoms with Crippen LogP contribution in [0.3, 0.4) is 0 Å². The number of carbonyl (C=O) groups is 1. The van der Waals surface area contributed by atoms with E-state index in [1.165, 1.54) is 0 Å². The Hall–Kier alpha value is -2.86. The van der Waals surface area contributed by atoms with Gasteiger partial charge in [0.15, 0.2) is 16.4 Å². The quantitative estimate of drug-likeness (QED) is 0.500. The molecule has 1 saturated heterocycles. The summed E-state index contributed by atoms with van der Waals surface area (Å²) in [4.78, 5) is 15.1. The van der Waals surface area contributed by atoms with Crippen LogP contribution >= 0.6 is 0 Å². The second-order valence-electron chi connectivity index (χ2n) is 9.20. The minimum atomic E-state index is -3.13. The normalized spacial score (nSPS) is 17.4. The van der Waals surface area contributed by atoms with Gasteiger partial charge in [-0.05, 0) is 52.8 Å². The summed E-state index contributed by atoms with van der Waals surface area (Å²) in [7, 11) is -3.13. The number of fused-ring (bicyclic) bond motifs is 1. The van der Waals surface area contributed by atoms with Crippen LogP contribution in [0.15, 0.2) is 60.7 Å². The van der Waals surface area contributed by atoms with E-state index in [9.17, 15) is 13.2 Å². The summed E-state index contributed by atoms with van der Waals surface area (Å²) in [5, 5.41) is 2.17. The summed E-state index contributed by atoms with van der Waals surface area (Å²) in [6.07, 6.45) is 0.459. The summed E-state index contributed by atoms with van der Waals surface area (Å²) in [6, 6.07) is 19.8. The molecule has 1 aliphatic rings. The lowest BCUT2D eigenvalue weighted by atomic mass is 10.0. The van der Waals surface area contributed by atoms with E-state index in [1.807, 2.05) is 67.6 Å². The molecule has 4 rings (SSSR count). The maximum Gasteiger partial charge on any atom is 0.261 e. The van der Waals surface area contributed by atoms with Gasteiger partial charge in [-0.3, -0.25) is 4.79 Å². The Morgan fingerprint density at radius 2 is 1.85 bits per heavy atom. The molecule has 3 aromatic carbocycles. The molecule has 0 radical (unpaired) electrons. The Morgan fingerprint density at radius 1 is 1.09 bits per heavy atom. The highest BCUT2D eigenvalue weighted by molar-refractivity contribution is 7.91. The molecule has 0 saturated carbocycles. The summed E-state index contributed by atoms with van der Waals surface area (Å²) >= 11 is 0. The van der Waals surface area contributed by atoms with Crippen molar-refractivity contribution < 1.29 is 17.9 Å². The van der Waals surface area contributed by atoms with Crippen molar-refractivity contribution in [1.82, 2.24) is 4.90 Å². The molecule has 1 aliphatic heterocycles. The van der Waals surface area contributed by atoms with Crippen molar-refractivity contribution in [1.29, 1.82) is 0 Å². The SMILES string of the molecule is Cc1ccc(C(C)C)c(OCC(=O)N(Cc2cccc3ccccc23)[C@@H]2CCS(=O)(=O)C2)c1. The smallest absolute Gasteiger partial charge is 0.261 e. The van der Waals surface area contributed by atoms with E-state index in [4.69, 9.17) is 4.74 Å². The molecule has 33 heavy (non-hydrogen) atoms. The minimum Gasteiger partial charge on any atom is -0.483 e. The Morgan fingerprint density at radius 3 is 2.58 bits per heavy atom. The summed E-state index contributed by atoms with van der Waals surface area (Å²) in [5.74, 6) is 0.907. The highest BCUT2D eigenvalue weighted by Crippen LogP contribution is 2.28. The number of nitrogens with zero attached hydrogens (tertiary/aromatic N) is 1. The fourth-order valence-corrected chi connectivity index (χ4v) is 6.25. The molecule has 0 N–H and O–H groups in total. The van der Waals surface area contributed by atoms with Crippen molar-refractivity contribution in [3.63, 3.8) is 0 Å². The van der Waals surface area contributed by atoms with E-state index in [0.717, 1.165) is 27.5 Å². The molecule has 0 spiro atoms. The first kappa shape index (κ1) is 23.3. The average Bonchev–Trinajstić information content (AvgIpc) is 3.15. The zero-order valence-corrected chi connectivity index (χ0v) is 20.3. The fraction of sp³-hybridized carbons (Fsp3) is 0.370. The van der Waals surface area contributed by atoms with Gasteiger partial charge in [0.1, 0.15) is 5.75 Å². The van der Waals surface area contributed by atoms with Gasteiger partial charge in [-0.2, -0.15) is 0 Å². The lowest BCUT2D eigenvalue weighted by Gasteiger charge is -2.29. The van der Waals surface area contributed by atoms with Crippen LogP contribution in [0.25, 0.3) is 10.8 Å². The number of rotatable bonds is 7. The van der Waals surface area contributed by atoms with Gasteiger partial charge in [0.05, 0.1) is 11.5 Å². The van der Waals surface area contributed by atoms with Crippen LogP contribution < -0.4 is 4.74 Å². The summed E-state index contributed by atoms with van der Waals surface area (Å²) in [6.45, 7) is 6.42. The second kappa shape index (κ2) is 9.56. The molecule has 0 unspecified atom stereocenters. The molecular weight excluding hydrogens is 434 g/mol. The molecule has 1 amide bonds. The summed E-state index contributed by atoms with van der Waals surface area (Å²) < 4.78 is 30.4.